The van der Waals surface area contributed by atoms with Crippen LogP contribution in [-0.2, 0) is 19.3 Å². The fourth-order valence-corrected chi connectivity index (χ4v) is 2.58. The molecule has 0 radical (unpaired) electrons. The lowest BCUT2D eigenvalue weighted by Gasteiger charge is -2.23. The predicted octanol–water partition coefficient (Wildman–Crippen LogP) is 4.15. The molecule has 1 aromatic rings. The molecule has 0 fully saturated rings. The van der Waals surface area contributed by atoms with Crippen molar-refractivity contribution >= 4 is 11.6 Å². The van der Waals surface area contributed by atoms with E-state index in [1.54, 1.807) is 5.56 Å². The molecule has 1 aliphatic rings. The Labute approximate surface area is 103 Å². The number of alkyl halides is 1. The highest BCUT2D eigenvalue weighted by Gasteiger charge is 2.20. The second-order valence-electron chi connectivity index (χ2n) is 5.13. The summed E-state index contributed by atoms with van der Waals surface area (Å²) in [6.45, 7) is 6.05. The lowest BCUT2D eigenvalue weighted by Crippen LogP contribution is -2.18. The van der Waals surface area contributed by atoms with Crippen molar-refractivity contribution in [1.82, 2.24) is 0 Å². The number of fused-ring (bicyclic) bond motifs is 1. The van der Waals surface area contributed by atoms with Gasteiger partial charge in [0.1, 0.15) is 0 Å². The van der Waals surface area contributed by atoms with Crippen molar-refractivity contribution in [2.24, 2.45) is 5.41 Å². The van der Waals surface area contributed by atoms with Crippen LogP contribution in [0.2, 0.25) is 0 Å². The van der Waals surface area contributed by atoms with E-state index in [1.807, 2.05) is 6.08 Å². The average Bonchev–Trinajstić information content (AvgIpc) is 2.76. The second kappa shape index (κ2) is 4.63. The van der Waals surface area contributed by atoms with E-state index in [1.165, 1.54) is 30.4 Å². The summed E-state index contributed by atoms with van der Waals surface area (Å²) >= 11 is 6.00. The molecule has 1 unspecified atom stereocenters. The molecule has 0 saturated heterocycles. The molecule has 1 atom stereocenters. The molecule has 0 amide bonds. The van der Waals surface area contributed by atoms with Gasteiger partial charge in [-0.2, -0.15) is 0 Å². The minimum Gasteiger partial charge on any atom is -0.126 e. The monoisotopic (exact) mass is 234 g/mol. The molecular weight excluding hydrogens is 216 g/mol. The number of hydrogen-bond donors (Lipinski definition) is 0. The van der Waals surface area contributed by atoms with Gasteiger partial charge in [0, 0.05) is 11.3 Å². The summed E-state index contributed by atoms with van der Waals surface area (Å²) in [6, 6.07) is 6.89. The average molecular weight is 235 g/mol. The molecule has 0 saturated carbocycles. The van der Waals surface area contributed by atoms with Gasteiger partial charge in [0.15, 0.2) is 0 Å². The molecule has 1 aliphatic carbocycles. The summed E-state index contributed by atoms with van der Waals surface area (Å²) in [7, 11) is 0. The SMILES string of the molecule is C=CC(C)(CCl)Cc1ccc2c(c1)CCC2. The summed E-state index contributed by atoms with van der Waals surface area (Å²) in [5.74, 6) is 0.633. The van der Waals surface area contributed by atoms with E-state index < -0.39 is 0 Å². The minimum absolute atomic E-state index is 0.0222. The van der Waals surface area contributed by atoms with Crippen molar-refractivity contribution < 1.29 is 0 Å². The van der Waals surface area contributed by atoms with Crippen LogP contribution in [0.5, 0.6) is 0 Å². The molecule has 0 heterocycles. The van der Waals surface area contributed by atoms with E-state index in [9.17, 15) is 0 Å². The molecule has 2 rings (SSSR count). The number of allylic oxidation sites excluding steroid dienone is 1. The Hall–Kier alpha value is -0.750. The van der Waals surface area contributed by atoms with Crippen LogP contribution in [0.4, 0.5) is 0 Å². The maximum atomic E-state index is 6.00. The Balaban J connectivity index is 2.19. The maximum absolute atomic E-state index is 6.00. The highest BCUT2D eigenvalue weighted by Crippen LogP contribution is 2.28. The Bertz CT molecular complexity index is 394. The van der Waals surface area contributed by atoms with Gasteiger partial charge in [-0.25, -0.2) is 0 Å². The van der Waals surface area contributed by atoms with Gasteiger partial charge < -0.3 is 0 Å². The van der Waals surface area contributed by atoms with Crippen molar-refractivity contribution in [1.29, 1.82) is 0 Å². The van der Waals surface area contributed by atoms with Crippen LogP contribution in [-0.4, -0.2) is 5.88 Å². The lowest BCUT2D eigenvalue weighted by molar-refractivity contribution is 0.486. The standard InChI is InChI=1S/C15H19Cl/c1-3-15(2,11-16)10-12-7-8-13-5-4-6-14(13)9-12/h3,7-9H,1,4-6,10-11H2,2H3. The van der Waals surface area contributed by atoms with Gasteiger partial charge in [-0.15, -0.1) is 18.2 Å². The third-order valence-corrected chi connectivity index (χ3v) is 4.18. The first kappa shape index (κ1) is 11.7. The van der Waals surface area contributed by atoms with Gasteiger partial charge in [-0.05, 0) is 42.4 Å². The Kier molecular flexibility index (Phi) is 3.39. The lowest BCUT2D eigenvalue weighted by atomic mass is 9.85. The van der Waals surface area contributed by atoms with Gasteiger partial charge in [-0.1, -0.05) is 31.2 Å². The molecule has 0 bridgehead atoms. The quantitative estimate of drug-likeness (QED) is 0.543. The van der Waals surface area contributed by atoms with Crippen LogP contribution in [0.1, 0.15) is 30.0 Å². The Morgan fingerprint density at radius 3 is 2.81 bits per heavy atom. The summed E-state index contributed by atoms with van der Waals surface area (Å²) in [4.78, 5) is 0. The first-order valence-electron chi connectivity index (χ1n) is 5.97. The molecule has 1 heteroatoms. The van der Waals surface area contributed by atoms with E-state index in [4.69, 9.17) is 11.6 Å². The smallest absolute Gasteiger partial charge is 0.0315 e. The number of aryl methyl sites for hydroxylation is 2. The molecule has 0 N–H and O–H groups in total. The van der Waals surface area contributed by atoms with Gasteiger partial charge in [-0.3, -0.25) is 0 Å². The summed E-state index contributed by atoms with van der Waals surface area (Å²) in [5.41, 5.74) is 4.49. The van der Waals surface area contributed by atoms with E-state index in [0.717, 1.165) is 6.42 Å². The van der Waals surface area contributed by atoms with E-state index >= 15 is 0 Å². The van der Waals surface area contributed by atoms with Gasteiger partial charge in [0.2, 0.25) is 0 Å². The molecule has 0 aromatic heterocycles. The van der Waals surface area contributed by atoms with Crippen LogP contribution in [0.15, 0.2) is 30.9 Å². The fraction of sp³-hybridized carbons (Fsp3) is 0.467. The van der Waals surface area contributed by atoms with Crippen LogP contribution >= 0.6 is 11.6 Å². The predicted molar refractivity (Wildman–Crippen MR) is 71.2 cm³/mol. The van der Waals surface area contributed by atoms with Crippen molar-refractivity contribution in [3.05, 3.63) is 47.5 Å². The van der Waals surface area contributed by atoms with Crippen molar-refractivity contribution in [3.63, 3.8) is 0 Å². The van der Waals surface area contributed by atoms with Crippen LogP contribution < -0.4 is 0 Å². The van der Waals surface area contributed by atoms with Crippen LogP contribution in [0.3, 0.4) is 0 Å². The first-order valence-corrected chi connectivity index (χ1v) is 6.50. The Morgan fingerprint density at radius 1 is 1.38 bits per heavy atom. The number of rotatable bonds is 4. The van der Waals surface area contributed by atoms with Crippen molar-refractivity contribution in [2.75, 3.05) is 5.88 Å². The maximum Gasteiger partial charge on any atom is 0.0315 e. The van der Waals surface area contributed by atoms with Crippen LogP contribution in [0, 0.1) is 5.41 Å². The second-order valence-corrected chi connectivity index (χ2v) is 5.39. The van der Waals surface area contributed by atoms with E-state index in [0.29, 0.717) is 5.88 Å². The largest absolute Gasteiger partial charge is 0.126 e. The number of benzene rings is 1. The van der Waals surface area contributed by atoms with Crippen LogP contribution in [0.25, 0.3) is 0 Å². The molecule has 1 aromatic carbocycles. The Morgan fingerprint density at radius 2 is 2.12 bits per heavy atom. The molecule has 0 aliphatic heterocycles. The van der Waals surface area contributed by atoms with Gasteiger partial charge in [0.25, 0.3) is 0 Å². The number of halogens is 1. The zero-order valence-corrected chi connectivity index (χ0v) is 10.7. The van der Waals surface area contributed by atoms with Gasteiger partial charge in [0.05, 0.1) is 0 Å². The normalized spacial score (nSPS) is 17.9. The summed E-state index contributed by atoms with van der Waals surface area (Å²) < 4.78 is 0. The highest BCUT2D eigenvalue weighted by molar-refractivity contribution is 6.18. The third-order valence-electron chi connectivity index (χ3n) is 3.57. The van der Waals surface area contributed by atoms with E-state index in [2.05, 4.69) is 31.7 Å². The van der Waals surface area contributed by atoms with Crippen molar-refractivity contribution in [2.45, 2.75) is 32.6 Å². The first-order chi connectivity index (χ1) is 7.67. The molecule has 16 heavy (non-hydrogen) atoms. The minimum atomic E-state index is 0.0222. The zero-order chi connectivity index (χ0) is 11.6. The fourth-order valence-electron chi connectivity index (χ4n) is 2.38. The van der Waals surface area contributed by atoms with Crippen molar-refractivity contribution in [3.8, 4) is 0 Å². The van der Waals surface area contributed by atoms with E-state index in [-0.39, 0.29) is 5.41 Å². The van der Waals surface area contributed by atoms with Gasteiger partial charge >= 0.3 is 0 Å². The summed E-state index contributed by atoms with van der Waals surface area (Å²) in [6.07, 6.45) is 6.78. The molecule has 0 nitrogen and oxygen atoms in total. The summed E-state index contributed by atoms with van der Waals surface area (Å²) in [5, 5.41) is 0. The topological polar surface area (TPSA) is 0 Å². The molecule has 0 spiro atoms. The number of hydrogen-bond acceptors (Lipinski definition) is 0. The third kappa shape index (κ3) is 2.32. The molecular formula is C15H19Cl. The molecule has 86 valence electrons. The zero-order valence-electron chi connectivity index (χ0n) is 9.93. The highest BCUT2D eigenvalue weighted by atomic mass is 35.5.